The van der Waals surface area contributed by atoms with E-state index in [0.29, 0.717) is 37.7 Å². The van der Waals surface area contributed by atoms with Gasteiger partial charge in [-0.05, 0) is 65.5 Å². The zero-order valence-electron chi connectivity index (χ0n) is 20.4. The Labute approximate surface area is 196 Å². The minimum Gasteiger partial charge on any atom is -0.444 e. The van der Waals surface area contributed by atoms with Crippen molar-refractivity contribution in [3.05, 3.63) is 36.2 Å². The molecule has 8 nitrogen and oxygen atoms in total. The summed E-state index contributed by atoms with van der Waals surface area (Å²) in [6, 6.07) is 9.61. The summed E-state index contributed by atoms with van der Waals surface area (Å²) in [7, 11) is 0. The van der Waals surface area contributed by atoms with Crippen LogP contribution in [0, 0.1) is 5.92 Å². The van der Waals surface area contributed by atoms with Crippen molar-refractivity contribution in [3.63, 3.8) is 0 Å². The average Bonchev–Trinajstić information content (AvgIpc) is 3.24. The first-order valence-electron chi connectivity index (χ1n) is 11.8. The number of aryl methyl sites for hydroxylation is 1. The minimum atomic E-state index is -0.534. The first-order chi connectivity index (χ1) is 15.6. The predicted octanol–water partition coefficient (Wildman–Crippen LogP) is 4.55. The summed E-state index contributed by atoms with van der Waals surface area (Å²) < 4.78 is 11.3. The molecule has 1 aliphatic rings. The molecule has 1 saturated heterocycles. The number of aromatic nitrogens is 2. The molecule has 0 unspecified atom stereocenters. The topological polar surface area (TPSA) is 88.8 Å². The van der Waals surface area contributed by atoms with Gasteiger partial charge in [0.05, 0.1) is 0 Å². The van der Waals surface area contributed by atoms with Crippen molar-refractivity contribution in [2.24, 2.45) is 5.92 Å². The number of rotatable bonds is 7. The van der Waals surface area contributed by atoms with Gasteiger partial charge in [-0.3, -0.25) is 4.79 Å². The lowest BCUT2D eigenvalue weighted by atomic mass is 9.96. The molecule has 0 aliphatic carbocycles. The van der Waals surface area contributed by atoms with Crippen LogP contribution < -0.4 is 0 Å². The fourth-order valence-corrected chi connectivity index (χ4v) is 3.96. The Morgan fingerprint density at radius 1 is 1.21 bits per heavy atom. The van der Waals surface area contributed by atoms with Crippen LogP contribution in [0.2, 0.25) is 0 Å². The molecule has 2 aromatic rings. The zero-order valence-corrected chi connectivity index (χ0v) is 20.4. The number of likely N-dealkylation sites (tertiary alicyclic amines) is 1. The summed E-state index contributed by atoms with van der Waals surface area (Å²) in [5.74, 6) is 1.23. The van der Waals surface area contributed by atoms with Gasteiger partial charge in [-0.1, -0.05) is 18.2 Å². The molecule has 1 aliphatic heterocycles. The largest absolute Gasteiger partial charge is 0.444 e. The average molecular weight is 457 g/mol. The van der Waals surface area contributed by atoms with E-state index in [4.69, 9.17) is 9.15 Å². The highest BCUT2D eigenvalue weighted by Crippen LogP contribution is 2.22. The Morgan fingerprint density at radius 2 is 1.94 bits per heavy atom. The molecule has 0 radical (unpaired) electrons. The highest BCUT2D eigenvalue weighted by Gasteiger charge is 2.30. The smallest absolute Gasteiger partial charge is 0.410 e. The third-order valence-electron chi connectivity index (χ3n) is 5.62. The number of amides is 2. The van der Waals surface area contributed by atoms with Crippen LogP contribution in [0.4, 0.5) is 4.79 Å². The molecule has 1 atom stereocenters. The summed E-state index contributed by atoms with van der Waals surface area (Å²) in [5, 5.41) is 8.18. The van der Waals surface area contributed by atoms with Crippen LogP contribution in [0.1, 0.15) is 59.8 Å². The Hall–Kier alpha value is -2.90. The maximum absolute atomic E-state index is 12.9. The van der Waals surface area contributed by atoms with E-state index in [-0.39, 0.29) is 24.0 Å². The van der Waals surface area contributed by atoms with E-state index in [2.05, 4.69) is 10.2 Å². The molecule has 0 spiro atoms. The first kappa shape index (κ1) is 24.7. The van der Waals surface area contributed by atoms with Crippen molar-refractivity contribution < 1.29 is 18.7 Å². The molecule has 1 fully saturated rings. The van der Waals surface area contributed by atoms with Crippen LogP contribution >= 0.6 is 0 Å². The van der Waals surface area contributed by atoms with Crippen molar-refractivity contribution in [1.82, 2.24) is 20.0 Å². The summed E-state index contributed by atoms with van der Waals surface area (Å²) in [4.78, 5) is 29.2. The Balaban J connectivity index is 1.52. The molecule has 0 bridgehead atoms. The highest BCUT2D eigenvalue weighted by molar-refractivity contribution is 5.76. The lowest BCUT2D eigenvalue weighted by Crippen LogP contribution is -2.48. The Bertz CT molecular complexity index is 920. The second-order valence-corrected chi connectivity index (χ2v) is 9.94. The van der Waals surface area contributed by atoms with E-state index < -0.39 is 5.60 Å². The van der Waals surface area contributed by atoms with Gasteiger partial charge in [0, 0.05) is 44.1 Å². The van der Waals surface area contributed by atoms with Gasteiger partial charge in [0.15, 0.2) is 0 Å². The van der Waals surface area contributed by atoms with Gasteiger partial charge < -0.3 is 19.0 Å². The minimum absolute atomic E-state index is 0.0299. The Morgan fingerprint density at radius 3 is 2.61 bits per heavy atom. The number of piperidine rings is 1. The maximum Gasteiger partial charge on any atom is 0.410 e. The highest BCUT2D eigenvalue weighted by atomic mass is 16.6. The lowest BCUT2D eigenvalue weighted by Gasteiger charge is -2.37. The molecule has 2 heterocycles. The number of hydrogen-bond donors (Lipinski definition) is 0. The van der Waals surface area contributed by atoms with Gasteiger partial charge in [-0.15, -0.1) is 10.2 Å². The first-order valence-corrected chi connectivity index (χ1v) is 11.8. The second-order valence-electron chi connectivity index (χ2n) is 9.94. The normalized spacial score (nSPS) is 16.7. The number of benzene rings is 1. The van der Waals surface area contributed by atoms with Crippen molar-refractivity contribution >= 4 is 12.0 Å². The van der Waals surface area contributed by atoms with E-state index in [9.17, 15) is 9.59 Å². The lowest BCUT2D eigenvalue weighted by molar-refractivity contribution is -0.133. The van der Waals surface area contributed by atoms with Crippen LogP contribution in [0.5, 0.6) is 0 Å². The SMILES string of the molecule is CC(C)N(C[C@@H]1CCCN(C(=O)CCc2nnc(-c3ccccc3)o2)C1)C(=O)OC(C)(C)C. The number of hydrogen-bond acceptors (Lipinski definition) is 6. The number of nitrogens with zero attached hydrogens (tertiary/aromatic N) is 4. The molecule has 3 rings (SSSR count). The van der Waals surface area contributed by atoms with Crippen LogP contribution in [0.3, 0.4) is 0 Å². The quantitative estimate of drug-likeness (QED) is 0.607. The van der Waals surface area contributed by atoms with Crippen LogP contribution in [0.15, 0.2) is 34.7 Å². The molecule has 1 aromatic heterocycles. The summed E-state index contributed by atoms with van der Waals surface area (Å²) in [5.41, 5.74) is 0.328. The van der Waals surface area contributed by atoms with E-state index in [1.54, 1.807) is 4.90 Å². The van der Waals surface area contributed by atoms with Gasteiger partial charge in [0.1, 0.15) is 5.60 Å². The zero-order chi connectivity index (χ0) is 24.0. The third kappa shape index (κ3) is 7.30. The number of carbonyl (C=O) groups excluding carboxylic acids is 2. The molecule has 33 heavy (non-hydrogen) atoms. The van der Waals surface area contributed by atoms with E-state index >= 15 is 0 Å². The molecule has 180 valence electrons. The fraction of sp³-hybridized carbons (Fsp3) is 0.600. The van der Waals surface area contributed by atoms with Crippen LogP contribution in [0.25, 0.3) is 11.5 Å². The van der Waals surface area contributed by atoms with Gasteiger partial charge in [0.25, 0.3) is 0 Å². The van der Waals surface area contributed by atoms with Gasteiger partial charge >= 0.3 is 6.09 Å². The van der Waals surface area contributed by atoms with Crippen molar-refractivity contribution in [2.45, 2.75) is 71.9 Å². The number of ether oxygens (including phenoxy) is 1. The molecule has 8 heteroatoms. The second kappa shape index (κ2) is 10.8. The van der Waals surface area contributed by atoms with Crippen molar-refractivity contribution in [1.29, 1.82) is 0 Å². The van der Waals surface area contributed by atoms with Crippen molar-refractivity contribution in [3.8, 4) is 11.5 Å². The monoisotopic (exact) mass is 456 g/mol. The van der Waals surface area contributed by atoms with E-state index in [1.807, 2.05) is 69.9 Å². The fourth-order valence-electron chi connectivity index (χ4n) is 3.96. The van der Waals surface area contributed by atoms with E-state index in [0.717, 1.165) is 24.9 Å². The molecule has 2 amide bonds. The molecular formula is C25H36N4O4. The molecule has 0 N–H and O–H groups in total. The van der Waals surface area contributed by atoms with E-state index in [1.165, 1.54) is 0 Å². The number of carbonyl (C=O) groups is 2. The molecule has 0 saturated carbocycles. The van der Waals surface area contributed by atoms with Gasteiger partial charge in [0.2, 0.25) is 17.7 Å². The van der Waals surface area contributed by atoms with Crippen molar-refractivity contribution in [2.75, 3.05) is 19.6 Å². The maximum atomic E-state index is 12.9. The predicted molar refractivity (Wildman–Crippen MR) is 125 cm³/mol. The van der Waals surface area contributed by atoms with Crippen LogP contribution in [-0.4, -0.2) is 63.3 Å². The Kier molecular flexibility index (Phi) is 8.10. The standard InChI is InChI=1S/C25H36N4O4/c1-18(2)29(24(31)33-25(3,4)5)17-19-10-9-15-28(16-19)22(30)14-13-21-26-27-23(32-21)20-11-7-6-8-12-20/h6-8,11-12,18-19H,9-10,13-17H2,1-5H3/t19-/m1/s1. The van der Waals surface area contributed by atoms with Gasteiger partial charge in [-0.25, -0.2) is 4.79 Å². The van der Waals surface area contributed by atoms with Gasteiger partial charge in [-0.2, -0.15) is 0 Å². The third-order valence-corrected chi connectivity index (χ3v) is 5.62. The molecule has 1 aromatic carbocycles. The van der Waals surface area contributed by atoms with Crippen LogP contribution in [-0.2, 0) is 16.0 Å². The summed E-state index contributed by atoms with van der Waals surface area (Å²) in [6.45, 7) is 11.6. The molecular weight excluding hydrogens is 420 g/mol. The summed E-state index contributed by atoms with van der Waals surface area (Å²) in [6.07, 6.45) is 2.35. The summed E-state index contributed by atoms with van der Waals surface area (Å²) >= 11 is 0.